The Hall–Kier alpha value is -0.260. The monoisotopic (exact) mass is 335 g/mol. The zero-order valence-corrected chi connectivity index (χ0v) is 17.0. The van der Waals surface area contributed by atoms with Crippen LogP contribution in [0, 0.1) is 6.92 Å². The van der Waals surface area contributed by atoms with Crippen molar-refractivity contribution < 1.29 is 0 Å². The largest absolute Gasteiger partial charge is 0.0885 e. The van der Waals surface area contributed by atoms with Gasteiger partial charge in [-0.15, -0.1) is 0 Å². The van der Waals surface area contributed by atoms with Crippen LogP contribution in [0.2, 0.25) is 0 Å². The molecule has 24 heavy (non-hydrogen) atoms. The van der Waals surface area contributed by atoms with Crippen molar-refractivity contribution in [3.8, 4) is 0 Å². The highest BCUT2D eigenvalue weighted by molar-refractivity contribution is 4.80. The van der Waals surface area contributed by atoms with E-state index in [-0.39, 0.29) is 0 Å². The molecule has 0 saturated heterocycles. The Bertz CT molecular complexity index is 228. The fourth-order valence-corrected chi connectivity index (χ4v) is 3.32. The molecule has 0 spiro atoms. The van der Waals surface area contributed by atoms with Crippen LogP contribution in [-0.4, -0.2) is 0 Å². The van der Waals surface area contributed by atoms with E-state index < -0.39 is 0 Å². The molecule has 0 saturated carbocycles. The Kier molecular flexibility index (Phi) is 22.5. The van der Waals surface area contributed by atoms with Crippen molar-refractivity contribution in [2.45, 2.75) is 135 Å². The highest BCUT2D eigenvalue weighted by Crippen LogP contribution is 2.14. The van der Waals surface area contributed by atoms with Gasteiger partial charge in [0.05, 0.1) is 0 Å². The SMILES string of the molecule is [CH2]CCCCCCCCCCCCCCCCCC/C=C/CCC. The van der Waals surface area contributed by atoms with E-state index in [2.05, 4.69) is 26.0 Å². The number of rotatable bonds is 20. The smallest absolute Gasteiger partial charge is 0.0351 e. The molecule has 1 radical (unpaired) electrons. The minimum Gasteiger partial charge on any atom is -0.0885 e. The standard InChI is InChI=1S/C24H47/c1-3-5-7-9-11-13-15-17-19-21-23-24-22-20-18-16-14-12-10-8-6-4-2/h8,10H,1,3-7,9,11-24H2,2H3/b10-8+. The predicted molar refractivity (Wildman–Crippen MR) is 113 cm³/mol. The first-order chi connectivity index (χ1) is 11.9. The molecular weight excluding hydrogens is 288 g/mol. The van der Waals surface area contributed by atoms with Gasteiger partial charge < -0.3 is 0 Å². The summed E-state index contributed by atoms with van der Waals surface area (Å²) in [4.78, 5) is 0. The molecule has 0 nitrogen and oxygen atoms in total. The van der Waals surface area contributed by atoms with E-state index in [4.69, 9.17) is 0 Å². The Morgan fingerprint density at radius 1 is 0.458 bits per heavy atom. The zero-order chi connectivity index (χ0) is 17.6. The summed E-state index contributed by atoms with van der Waals surface area (Å²) < 4.78 is 0. The minimum atomic E-state index is 1.12. The van der Waals surface area contributed by atoms with E-state index >= 15 is 0 Å². The summed E-state index contributed by atoms with van der Waals surface area (Å²) in [6, 6.07) is 0. The lowest BCUT2D eigenvalue weighted by Gasteiger charge is -2.03. The fraction of sp³-hybridized carbons (Fsp3) is 0.875. The maximum Gasteiger partial charge on any atom is -0.0351 e. The number of hydrogen-bond acceptors (Lipinski definition) is 0. The van der Waals surface area contributed by atoms with Gasteiger partial charge in [-0.05, 0) is 19.3 Å². The van der Waals surface area contributed by atoms with Crippen molar-refractivity contribution in [3.63, 3.8) is 0 Å². The molecular formula is C24H47. The molecule has 0 aliphatic heterocycles. The Morgan fingerprint density at radius 3 is 1.17 bits per heavy atom. The summed E-state index contributed by atoms with van der Waals surface area (Å²) in [6.07, 6.45) is 32.8. The quantitative estimate of drug-likeness (QED) is 0.154. The van der Waals surface area contributed by atoms with Crippen LogP contribution in [-0.2, 0) is 0 Å². The molecule has 0 aliphatic rings. The van der Waals surface area contributed by atoms with Crippen molar-refractivity contribution in [3.05, 3.63) is 19.1 Å². The van der Waals surface area contributed by atoms with Crippen molar-refractivity contribution >= 4 is 0 Å². The molecule has 0 unspecified atom stereocenters. The maximum atomic E-state index is 3.90. The second kappa shape index (κ2) is 22.7. The molecule has 0 aliphatic carbocycles. The molecule has 0 fully saturated rings. The third-order valence-corrected chi connectivity index (χ3v) is 4.99. The topological polar surface area (TPSA) is 0 Å². The van der Waals surface area contributed by atoms with E-state index in [1.807, 2.05) is 0 Å². The Morgan fingerprint density at radius 2 is 0.792 bits per heavy atom. The van der Waals surface area contributed by atoms with Crippen molar-refractivity contribution in [1.29, 1.82) is 0 Å². The average molecular weight is 336 g/mol. The van der Waals surface area contributed by atoms with Crippen LogP contribution in [0.3, 0.4) is 0 Å². The van der Waals surface area contributed by atoms with Gasteiger partial charge in [0.15, 0.2) is 0 Å². The van der Waals surface area contributed by atoms with Crippen molar-refractivity contribution in [2.75, 3.05) is 0 Å². The zero-order valence-electron chi connectivity index (χ0n) is 17.0. The van der Waals surface area contributed by atoms with Crippen LogP contribution in [0.15, 0.2) is 12.2 Å². The van der Waals surface area contributed by atoms with E-state index in [1.165, 1.54) is 122 Å². The molecule has 0 heterocycles. The Balaban J connectivity index is 2.98. The first kappa shape index (κ1) is 23.7. The molecule has 0 aromatic heterocycles. The molecule has 0 rings (SSSR count). The molecule has 0 bridgehead atoms. The highest BCUT2D eigenvalue weighted by Gasteiger charge is 1.94. The number of hydrogen-bond donors (Lipinski definition) is 0. The van der Waals surface area contributed by atoms with Gasteiger partial charge in [-0.25, -0.2) is 0 Å². The van der Waals surface area contributed by atoms with Crippen LogP contribution in [0.1, 0.15) is 135 Å². The van der Waals surface area contributed by atoms with Gasteiger partial charge in [0.2, 0.25) is 0 Å². The van der Waals surface area contributed by atoms with E-state index in [9.17, 15) is 0 Å². The van der Waals surface area contributed by atoms with E-state index in [1.54, 1.807) is 0 Å². The molecule has 0 aromatic carbocycles. The summed E-state index contributed by atoms with van der Waals surface area (Å²) in [5.74, 6) is 0. The van der Waals surface area contributed by atoms with Gasteiger partial charge in [-0.1, -0.05) is 135 Å². The second-order valence-electron chi connectivity index (χ2n) is 7.56. The van der Waals surface area contributed by atoms with Crippen LogP contribution < -0.4 is 0 Å². The van der Waals surface area contributed by atoms with Crippen LogP contribution in [0.25, 0.3) is 0 Å². The van der Waals surface area contributed by atoms with Crippen molar-refractivity contribution in [2.24, 2.45) is 0 Å². The first-order valence-electron chi connectivity index (χ1n) is 11.4. The van der Waals surface area contributed by atoms with Gasteiger partial charge in [0.1, 0.15) is 0 Å². The van der Waals surface area contributed by atoms with Crippen LogP contribution in [0.5, 0.6) is 0 Å². The highest BCUT2D eigenvalue weighted by atomic mass is 14.0. The van der Waals surface area contributed by atoms with Crippen LogP contribution >= 0.6 is 0 Å². The first-order valence-corrected chi connectivity index (χ1v) is 11.4. The van der Waals surface area contributed by atoms with Gasteiger partial charge >= 0.3 is 0 Å². The fourth-order valence-electron chi connectivity index (χ4n) is 3.32. The lowest BCUT2D eigenvalue weighted by Crippen LogP contribution is -1.83. The molecule has 0 amide bonds. The normalized spacial score (nSPS) is 11.6. The summed E-state index contributed by atoms with van der Waals surface area (Å²) in [5, 5.41) is 0. The van der Waals surface area contributed by atoms with E-state index in [0.717, 1.165) is 6.42 Å². The summed E-state index contributed by atoms with van der Waals surface area (Å²) in [7, 11) is 0. The molecule has 0 aromatic rings. The number of allylic oxidation sites excluding steroid dienone is 2. The predicted octanol–water partition coefficient (Wildman–Crippen LogP) is 9.20. The molecule has 0 atom stereocenters. The van der Waals surface area contributed by atoms with Crippen molar-refractivity contribution in [1.82, 2.24) is 0 Å². The minimum absolute atomic E-state index is 1.12. The second-order valence-corrected chi connectivity index (χ2v) is 7.56. The molecule has 0 heteroatoms. The molecule has 143 valence electrons. The summed E-state index contributed by atoms with van der Waals surface area (Å²) in [5.41, 5.74) is 0. The number of unbranched alkanes of at least 4 members (excludes halogenated alkanes) is 18. The van der Waals surface area contributed by atoms with Gasteiger partial charge in [0.25, 0.3) is 0 Å². The van der Waals surface area contributed by atoms with Gasteiger partial charge in [-0.3, -0.25) is 0 Å². The third-order valence-electron chi connectivity index (χ3n) is 4.99. The summed E-state index contributed by atoms with van der Waals surface area (Å²) >= 11 is 0. The third kappa shape index (κ3) is 21.7. The van der Waals surface area contributed by atoms with E-state index in [0.29, 0.717) is 0 Å². The lowest BCUT2D eigenvalue weighted by molar-refractivity contribution is 0.528. The molecule has 0 N–H and O–H groups in total. The summed E-state index contributed by atoms with van der Waals surface area (Å²) in [6.45, 7) is 6.15. The van der Waals surface area contributed by atoms with Gasteiger partial charge in [-0.2, -0.15) is 0 Å². The van der Waals surface area contributed by atoms with Gasteiger partial charge in [0, 0.05) is 0 Å². The van der Waals surface area contributed by atoms with Crippen LogP contribution in [0.4, 0.5) is 0 Å². The maximum absolute atomic E-state index is 3.90. The lowest BCUT2D eigenvalue weighted by atomic mass is 10.0. The Labute approximate surface area is 154 Å². The average Bonchev–Trinajstić information content (AvgIpc) is 2.60.